The predicted octanol–water partition coefficient (Wildman–Crippen LogP) is 4.22. The van der Waals surface area contributed by atoms with Crippen molar-refractivity contribution in [2.75, 3.05) is 36.6 Å². The standard InChI is InChI=1S/C20H20N4O2S/c1-2-6-16(7-3-1)26-19-9-5-4-8-18(19)23-22-15-17-14-21-20(27-17)24-10-12-25-13-11-24/h1-9,14-15,23H,10-13H2/b22-15+. The van der Waals surface area contributed by atoms with Gasteiger partial charge in [0.15, 0.2) is 10.9 Å². The molecule has 1 N–H and O–H groups in total. The van der Waals surface area contributed by atoms with E-state index in [1.165, 1.54) is 0 Å². The first-order chi connectivity index (χ1) is 13.4. The molecule has 0 bridgehead atoms. The van der Waals surface area contributed by atoms with E-state index in [4.69, 9.17) is 9.47 Å². The molecule has 2 heterocycles. The van der Waals surface area contributed by atoms with Gasteiger partial charge in [-0.05, 0) is 24.3 Å². The number of nitrogens with one attached hydrogen (secondary N) is 1. The lowest BCUT2D eigenvalue weighted by atomic mass is 10.3. The van der Waals surface area contributed by atoms with Crippen LogP contribution in [0, 0.1) is 0 Å². The van der Waals surface area contributed by atoms with Gasteiger partial charge in [0.2, 0.25) is 0 Å². The van der Waals surface area contributed by atoms with Crippen molar-refractivity contribution in [1.29, 1.82) is 0 Å². The van der Waals surface area contributed by atoms with Crippen molar-refractivity contribution in [2.24, 2.45) is 5.10 Å². The summed E-state index contributed by atoms with van der Waals surface area (Å²) in [6.45, 7) is 3.27. The van der Waals surface area contributed by atoms with Crippen LogP contribution in [0.1, 0.15) is 4.88 Å². The van der Waals surface area contributed by atoms with E-state index >= 15 is 0 Å². The molecule has 1 fully saturated rings. The van der Waals surface area contributed by atoms with Gasteiger partial charge in [-0.15, -0.1) is 0 Å². The molecule has 0 aliphatic carbocycles. The van der Waals surface area contributed by atoms with Gasteiger partial charge in [0.25, 0.3) is 0 Å². The average molecular weight is 380 g/mol. The SMILES string of the molecule is C(=N\Nc1ccccc1Oc1ccccc1)/c1cnc(N2CCOCC2)s1. The van der Waals surface area contributed by atoms with Gasteiger partial charge in [-0.2, -0.15) is 5.10 Å². The van der Waals surface area contributed by atoms with Crippen molar-refractivity contribution in [3.63, 3.8) is 0 Å². The summed E-state index contributed by atoms with van der Waals surface area (Å²) < 4.78 is 11.3. The van der Waals surface area contributed by atoms with Gasteiger partial charge in [-0.3, -0.25) is 5.43 Å². The van der Waals surface area contributed by atoms with Crippen LogP contribution >= 0.6 is 11.3 Å². The molecule has 0 unspecified atom stereocenters. The molecule has 0 radical (unpaired) electrons. The van der Waals surface area contributed by atoms with E-state index in [-0.39, 0.29) is 0 Å². The predicted molar refractivity (Wildman–Crippen MR) is 109 cm³/mol. The fraction of sp³-hybridized carbons (Fsp3) is 0.200. The zero-order valence-corrected chi connectivity index (χ0v) is 15.6. The summed E-state index contributed by atoms with van der Waals surface area (Å²) in [6, 6.07) is 17.4. The molecular weight excluding hydrogens is 360 g/mol. The van der Waals surface area contributed by atoms with Crippen molar-refractivity contribution in [2.45, 2.75) is 0 Å². The van der Waals surface area contributed by atoms with Crippen molar-refractivity contribution < 1.29 is 9.47 Å². The third-order valence-electron chi connectivity index (χ3n) is 4.03. The van der Waals surface area contributed by atoms with Gasteiger partial charge in [-0.1, -0.05) is 41.7 Å². The Morgan fingerprint density at radius 3 is 2.70 bits per heavy atom. The molecule has 2 aromatic carbocycles. The van der Waals surface area contributed by atoms with Crippen LogP contribution in [0.2, 0.25) is 0 Å². The molecule has 7 heteroatoms. The highest BCUT2D eigenvalue weighted by Gasteiger charge is 2.14. The summed E-state index contributed by atoms with van der Waals surface area (Å²) in [5.74, 6) is 1.51. The molecule has 0 saturated carbocycles. The molecule has 6 nitrogen and oxygen atoms in total. The first-order valence-electron chi connectivity index (χ1n) is 8.78. The number of benzene rings is 2. The number of morpholine rings is 1. The second kappa shape index (κ2) is 8.66. The van der Waals surface area contributed by atoms with Crippen LogP contribution < -0.4 is 15.1 Å². The fourth-order valence-electron chi connectivity index (χ4n) is 2.67. The Bertz CT molecular complexity index is 892. The number of aromatic nitrogens is 1. The number of anilines is 2. The van der Waals surface area contributed by atoms with Gasteiger partial charge in [0.1, 0.15) is 5.75 Å². The number of hydrogen-bond donors (Lipinski definition) is 1. The van der Waals surface area contributed by atoms with Crippen molar-refractivity contribution in [3.8, 4) is 11.5 Å². The van der Waals surface area contributed by atoms with Gasteiger partial charge >= 0.3 is 0 Å². The van der Waals surface area contributed by atoms with E-state index in [1.807, 2.05) is 60.8 Å². The van der Waals surface area contributed by atoms with Crippen LogP contribution in [0.5, 0.6) is 11.5 Å². The van der Waals surface area contributed by atoms with E-state index in [0.29, 0.717) is 0 Å². The lowest BCUT2D eigenvalue weighted by molar-refractivity contribution is 0.122. The maximum absolute atomic E-state index is 5.93. The third kappa shape index (κ3) is 4.64. The van der Waals surface area contributed by atoms with Crippen LogP contribution in [-0.2, 0) is 4.74 Å². The number of thiazole rings is 1. The van der Waals surface area contributed by atoms with Crippen LogP contribution in [-0.4, -0.2) is 37.5 Å². The second-order valence-electron chi connectivity index (χ2n) is 5.93. The number of para-hydroxylation sites is 3. The maximum atomic E-state index is 5.93. The minimum Gasteiger partial charge on any atom is -0.455 e. The van der Waals surface area contributed by atoms with Crippen molar-refractivity contribution >= 4 is 28.4 Å². The summed E-state index contributed by atoms with van der Waals surface area (Å²) in [5, 5.41) is 5.35. The third-order valence-corrected chi connectivity index (χ3v) is 5.02. The first kappa shape index (κ1) is 17.5. The maximum Gasteiger partial charge on any atom is 0.186 e. The van der Waals surface area contributed by atoms with E-state index < -0.39 is 0 Å². The molecule has 27 heavy (non-hydrogen) atoms. The second-order valence-corrected chi connectivity index (χ2v) is 6.97. The summed E-state index contributed by atoms with van der Waals surface area (Å²) in [4.78, 5) is 7.71. The Morgan fingerprint density at radius 1 is 1.07 bits per heavy atom. The van der Waals surface area contributed by atoms with Crippen molar-refractivity contribution in [1.82, 2.24) is 4.98 Å². The Labute approximate surface area is 162 Å². The van der Waals surface area contributed by atoms with Gasteiger partial charge in [0, 0.05) is 19.3 Å². The minimum atomic E-state index is 0.721. The zero-order chi connectivity index (χ0) is 18.3. The summed E-state index contributed by atoms with van der Waals surface area (Å²) in [7, 11) is 0. The molecule has 0 amide bonds. The number of rotatable bonds is 6. The first-order valence-corrected chi connectivity index (χ1v) is 9.60. The van der Waals surface area contributed by atoms with Crippen LogP contribution in [0.3, 0.4) is 0 Å². The number of nitrogens with zero attached hydrogens (tertiary/aromatic N) is 3. The van der Waals surface area contributed by atoms with Gasteiger partial charge in [-0.25, -0.2) is 4.98 Å². The lowest BCUT2D eigenvalue weighted by Crippen LogP contribution is -2.36. The van der Waals surface area contributed by atoms with E-state index in [1.54, 1.807) is 17.6 Å². The average Bonchev–Trinajstić information content (AvgIpc) is 3.20. The van der Waals surface area contributed by atoms with Crippen molar-refractivity contribution in [3.05, 3.63) is 65.7 Å². The molecule has 0 spiro atoms. The van der Waals surface area contributed by atoms with E-state index in [9.17, 15) is 0 Å². The summed E-state index contributed by atoms with van der Waals surface area (Å²) in [6.07, 6.45) is 3.62. The van der Waals surface area contributed by atoms with Crippen LogP contribution in [0.4, 0.5) is 10.8 Å². The van der Waals surface area contributed by atoms with Crippen LogP contribution in [0.25, 0.3) is 0 Å². The highest BCUT2D eigenvalue weighted by molar-refractivity contribution is 7.17. The summed E-state index contributed by atoms with van der Waals surface area (Å²) >= 11 is 1.62. The lowest BCUT2D eigenvalue weighted by Gasteiger charge is -2.25. The van der Waals surface area contributed by atoms with Gasteiger partial charge < -0.3 is 14.4 Å². The molecule has 1 saturated heterocycles. The topological polar surface area (TPSA) is 59.0 Å². The smallest absolute Gasteiger partial charge is 0.186 e. The molecule has 0 atom stereocenters. The largest absolute Gasteiger partial charge is 0.455 e. The highest BCUT2D eigenvalue weighted by atomic mass is 32.1. The van der Waals surface area contributed by atoms with Gasteiger partial charge in [0.05, 0.1) is 30.0 Å². The summed E-state index contributed by atoms with van der Waals surface area (Å²) in [5.41, 5.74) is 3.86. The molecular formula is C20H20N4O2S. The number of hydrogen-bond acceptors (Lipinski definition) is 7. The Kier molecular flexibility index (Phi) is 5.61. The molecule has 3 aromatic rings. The quantitative estimate of drug-likeness (QED) is 0.513. The van der Waals surface area contributed by atoms with E-state index in [0.717, 1.165) is 53.5 Å². The molecule has 4 rings (SSSR count). The number of ether oxygens (including phenoxy) is 2. The molecule has 1 aromatic heterocycles. The Morgan fingerprint density at radius 2 is 1.85 bits per heavy atom. The Balaban J connectivity index is 1.41. The Hall–Kier alpha value is -2.90. The normalized spacial score (nSPS) is 14.4. The molecule has 138 valence electrons. The monoisotopic (exact) mass is 380 g/mol. The minimum absolute atomic E-state index is 0.721. The molecule has 1 aliphatic rings. The van der Waals surface area contributed by atoms with E-state index in [2.05, 4.69) is 20.4 Å². The van der Waals surface area contributed by atoms with Crippen LogP contribution in [0.15, 0.2) is 65.9 Å². The highest BCUT2D eigenvalue weighted by Crippen LogP contribution is 2.29. The fourth-order valence-corrected chi connectivity index (χ4v) is 3.51. The molecule has 1 aliphatic heterocycles. The zero-order valence-electron chi connectivity index (χ0n) is 14.7. The number of hydrazone groups is 1.